The zero-order chi connectivity index (χ0) is 17.0. The summed E-state index contributed by atoms with van der Waals surface area (Å²) in [6.07, 6.45) is 6.58. The molecule has 1 spiro atoms. The molecule has 25 heavy (non-hydrogen) atoms. The van der Waals surface area contributed by atoms with Crippen molar-refractivity contribution >= 4 is 21.6 Å². The van der Waals surface area contributed by atoms with E-state index >= 15 is 0 Å². The van der Waals surface area contributed by atoms with Gasteiger partial charge in [-0.1, -0.05) is 15.9 Å². The molecule has 2 aromatic rings. The first kappa shape index (κ1) is 15.4. The Bertz CT molecular complexity index is 858. The average Bonchev–Trinajstić information content (AvgIpc) is 3.25. The maximum Gasteiger partial charge on any atom is 0.180 e. The second-order valence-electron chi connectivity index (χ2n) is 6.95. The number of rotatable bonds is 1. The fraction of sp³-hybridized carbons (Fsp3) is 0.300. The van der Waals surface area contributed by atoms with Gasteiger partial charge in [0.05, 0.1) is 11.7 Å². The van der Waals surface area contributed by atoms with Crippen molar-refractivity contribution in [3.63, 3.8) is 0 Å². The number of nitrogens with zero attached hydrogens (tertiary/aromatic N) is 1. The zero-order valence-electron chi connectivity index (χ0n) is 13.6. The minimum atomic E-state index is -0.302. The summed E-state index contributed by atoms with van der Waals surface area (Å²) >= 11 is 3.57. The van der Waals surface area contributed by atoms with Crippen molar-refractivity contribution in [2.45, 2.75) is 37.5 Å². The zero-order valence-corrected chi connectivity index (χ0v) is 15.2. The SMILES string of the molecule is Fc1ccc(C2=C[C@H]3c4cc(Br)ccc4OC4(CCCC4)N3N2)cc1. The van der Waals surface area contributed by atoms with Gasteiger partial charge in [0, 0.05) is 22.9 Å². The summed E-state index contributed by atoms with van der Waals surface area (Å²) in [4.78, 5) is 0. The van der Waals surface area contributed by atoms with Gasteiger partial charge < -0.3 is 10.2 Å². The highest BCUT2D eigenvalue weighted by Crippen LogP contribution is 2.50. The lowest BCUT2D eigenvalue weighted by Gasteiger charge is -2.46. The van der Waals surface area contributed by atoms with Gasteiger partial charge in [-0.05, 0) is 66.9 Å². The van der Waals surface area contributed by atoms with Gasteiger partial charge in [0.1, 0.15) is 11.6 Å². The van der Waals surface area contributed by atoms with Crippen molar-refractivity contribution in [1.29, 1.82) is 0 Å². The van der Waals surface area contributed by atoms with Crippen LogP contribution in [0.25, 0.3) is 5.70 Å². The summed E-state index contributed by atoms with van der Waals surface area (Å²) in [5, 5.41) is 2.26. The smallest absolute Gasteiger partial charge is 0.180 e. The Hall–Kier alpha value is -1.85. The predicted octanol–water partition coefficient (Wildman–Crippen LogP) is 5.15. The molecule has 1 aliphatic carbocycles. The third-order valence-electron chi connectivity index (χ3n) is 5.41. The fourth-order valence-electron chi connectivity index (χ4n) is 4.21. The van der Waals surface area contributed by atoms with Crippen LogP contribution in [-0.2, 0) is 0 Å². The molecule has 2 heterocycles. The van der Waals surface area contributed by atoms with Gasteiger partial charge in [0.2, 0.25) is 0 Å². The minimum absolute atomic E-state index is 0.111. The van der Waals surface area contributed by atoms with Crippen LogP contribution in [0.2, 0.25) is 0 Å². The van der Waals surface area contributed by atoms with Crippen molar-refractivity contribution in [3.05, 3.63) is 70.0 Å². The number of fused-ring (bicyclic) bond motifs is 4. The average molecular weight is 401 g/mol. The summed E-state index contributed by atoms with van der Waals surface area (Å²) in [5.74, 6) is 0.745. The molecule has 1 saturated carbocycles. The molecule has 128 valence electrons. The van der Waals surface area contributed by atoms with Gasteiger partial charge in [-0.2, -0.15) is 5.01 Å². The molecule has 0 unspecified atom stereocenters. The summed E-state index contributed by atoms with van der Waals surface area (Å²) in [6.45, 7) is 0. The van der Waals surface area contributed by atoms with Gasteiger partial charge in [-0.25, -0.2) is 4.39 Å². The first-order valence-corrected chi connectivity index (χ1v) is 9.46. The summed E-state index contributed by atoms with van der Waals surface area (Å²) in [5.41, 5.74) is 6.39. The van der Waals surface area contributed by atoms with E-state index in [0.29, 0.717) is 0 Å². The van der Waals surface area contributed by atoms with E-state index in [1.165, 1.54) is 25.0 Å². The first-order chi connectivity index (χ1) is 12.1. The Balaban J connectivity index is 1.61. The fourth-order valence-corrected chi connectivity index (χ4v) is 4.59. The monoisotopic (exact) mass is 400 g/mol. The topological polar surface area (TPSA) is 24.5 Å². The normalized spacial score (nSPS) is 23.6. The van der Waals surface area contributed by atoms with E-state index in [-0.39, 0.29) is 17.6 Å². The lowest BCUT2D eigenvalue weighted by atomic mass is 9.98. The van der Waals surface area contributed by atoms with Crippen molar-refractivity contribution < 1.29 is 9.13 Å². The molecule has 1 N–H and O–H groups in total. The van der Waals surface area contributed by atoms with Gasteiger partial charge >= 0.3 is 0 Å². The van der Waals surface area contributed by atoms with Crippen LogP contribution >= 0.6 is 15.9 Å². The molecule has 3 nitrogen and oxygen atoms in total. The lowest BCUT2D eigenvalue weighted by Crippen LogP contribution is -2.58. The van der Waals surface area contributed by atoms with Crippen LogP contribution in [0.5, 0.6) is 5.75 Å². The Morgan fingerprint density at radius 1 is 1.12 bits per heavy atom. The highest BCUT2D eigenvalue weighted by molar-refractivity contribution is 9.10. The Kier molecular flexibility index (Phi) is 3.44. The number of halogens is 2. The molecular weight excluding hydrogens is 383 g/mol. The maximum atomic E-state index is 13.3. The van der Waals surface area contributed by atoms with Gasteiger partial charge in [0.25, 0.3) is 0 Å². The molecule has 0 radical (unpaired) electrons. The van der Waals surface area contributed by atoms with Gasteiger partial charge in [-0.15, -0.1) is 0 Å². The van der Waals surface area contributed by atoms with Gasteiger partial charge in [-0.3, -0.25) is 0 Å². The highest BCUT2D eigenvalue weighted by atomic mass is 79.9. The van der Waals surface area contributed by atoms with Crippen molar-refractivity contribution in [3.8, 4) is 5.75 Å². The van der Waals surface area contributed by atoms with E-state index in [1.807, 2.05) is 18.2 Å². The molecular formula is C20H18BrFN2O. The van der Waals surface area contributed by atoms with Crippen molar-refractivity contribution in [2.75, 3.05) is 0 Å². The Labute approximate surface area is 154 Å². The van der Waals surface area contributed by atoms with Crippen LogP contribution in [0.3, 0.4) is 0 Å². The Morgan fingerprint density at radius 2 is 1.88 bits per heavy atom. The number of ether oxygens (including phenoxy) is 1. The summed E-state index contributed by atoms with van der Waals surface area (Å²) < 4.78 is 20.8. The van der Waals surface area contributed by atoms with E-state index in [1.54, 1.807) is 0 Å². The third-order valence-corrected chi connectivity index (χ3v) is 5.91. The molecule has 2 aromatic carbocycles. The molecule has 1 fully saturated rings. The van der Waals surface area contributed by atoms with Crippen LogP contribution in [0.15, 0.2) is 53.0 Å². The largest absolute Gasteiger partial charge is 0.471 e. The first-order valence-electron chi connectivity index (χ1n) is 8.67. The van der Waals surface area contributed by atoms with E-state index in [2.05, 4.69) is 44.6 Å². The van der Waals surface area contributed by atoms with E-state index < -0.39 is 0 Å². The molecule has 5 heteroatoms. The number of hydrazine groups is 1. The quantitative estimate of drug-likeness (QED) is 0.715. The van der Waals surface area contributed by atoms with Crippen LogP contribution in [0.4, 0.5) is 4.39 Å². The molecule has 2 aliphatic heterocycles. The van der Waals surface area contributed by atoms with E-state index in [0.717, 1.165) is 39.9 Å². The number of hydrogen-bond acceptors (Lipinski definition) is 3. The van der Waals surface area contributed by atoms with Crippen LogP contribution in [0, 0.1) is 5.82 Å². The van der Waals surface area contributed by atoms with Crippen LogP contribution < -0.4 is 10.2 Å². The van der Waals surface area contributed by atoms with Gasteiger partial charge in [0.15, 0.2) is 5.72 Å². The number of nitrogens with one attached hydrogen (secondary N) is 1. The lowest BCUT2D eigenvalue weighted by molar-refractivity contribution is -0.125. The standard InChI is InChI=1S/C20H18BrFN2O/c21-14-5-8-19-16(11-14)18-12-17(13-3-6-15(22)7-4-13)23-24(18)20(25-19)9-1-2-10-20/h3-8,11-12,18,23H,1-2,9-10H2/t18-/m0/s1. The molecule has 5 rings (SSSR count). The second kappa shape index (κ2) is 5.58. The Morgan fingerprint density at radius 3 is 2.64 bits per heavy atom. The maximum absolute atomic E-state index is 13.3. The molecule has 3 aliphatic rings. The van der Waals surface area contributed by atoms with Crippen molar-refractivity contribution in [2.24, 2.45) is 0 Å². The van der Waals surface area contributed by atoms with Crippen molar-refractivity contribution in [1.82, 2.24) is 10.4 Å². The number of benzene rings is 2. The molecule has 0 saturated heterocycles. The molecule has 0 aromatic heterocycles. The predicted molar refractivity (Wildman–Crippen MR) is 98.1 cm³/mol. The highest BCUT2D eigenvalue weighted by Gasteiger charge is 2.51. The number of hydrogen-bond donors (Lipinski definition) is 1. The minimum Gasteiger partial charge on any atom is -0.471 e. The molecule has 1 atom stereocenters. The second-order valence-corrected chi connectivity index (χ2v) is 7.87. The molecule has 0 amide bonds. The van der Waals surface area contributed by atoms with Crippen LogP contribution in [-0.4, -0.2) is 10.7 Å². The summed E-state index contributed by atoms with van der Waals surface area (Å²) in [6, 6.07) is 13.0. The van der Waals surface area contributed by atoms with Crippen LogP contribution in [0.1, 0.15) is 42.9 Å². The third kappa shape index (κ3) is 2.41. The van der Waals surface area contributed by atoms with E-state index in [9.17, 15) is 4.39 Å². The van der Waals surface area contributed by atoms with E-state index in [4.69, 9.17) is 4.74 Å². The molecule has 0 bridgehead atoms. The summed E-state index contributed by atoms with van der Waals surface area (Å²) in [7, 11) is 0.